The predicted octanol–water partition coefficient (Wildman–Crippen LogP) is 1.24. The number of nitrogen functional groups attached to an aromatic ring is 1. The van der Waals surface area contributed by atoms with E-state index in [1.54, 1.807) is 22.9 Å². The highest BCUT2D eigenvalue weighted by molar-refractivity contribution is 5.33. The highest BCUT2D eigenvalue weighted by atomic mass is 16.1. The normalized spacial score (nSPS) is 17.5. The molecule has 2 heterocycles. The van der Waals surface area contributed by atoms with Gasteiger partial charge < -0.3 is 20.1 Å². The second kappa shape index (κ2) is 7.61. The standard InChI is InChI=1S/C16H28N4O/c1-3-19-11-7-15(8-12-19)18(2)9-4-10-20-13-14(17)5-6-16(20)21/h5-6,13,15H,3-4,7-12,17H2,1-2H3. The van der Waals surface area contributed by atoms with E-state index in [4.69, 9.17) is 5.73 Å². The zero-order valence-corrected chi connectivity index (χ0v) is 13.3. The van der Waals surface area contributed by atoms with Crippen LogP contribution in [0.1, 0.15) is 26.2 Å². The van der Waals surface area contributed by atoms with E-state index in [-0.39, 0.29) is 5.56 Å². The van der Waals surface area contributed by atoms with Crippen molar-refractivity contribution in [3.05, 3.63) is 28.7 Å². The number of aromatic nitrogens is 1. The molecular formula is C16H28N4O. The lowest BCUT2D eigenvalue weighted by atomic mass is 10.0. The van der Waals surface area contributed by atoms with Crippen molar-refractivity contribution in [1.29, 1.82) is 0 Å². The van der Waals surface area contributed by atoms with Gasteiger partial charge in [-0.25, -0.2) is 0 Å². The monoisotopic (exact) mass is 292 g/mol. The average molecular weight is 292 g/mol. The van der Waals surface area contributed by atoms with Gasteiger partial charge in [-0.3, -0.25) is 4.79 Å². The van der Waals surface area contributed by atoms with Crippen LogP contribution in [0.5, 0.6) is 0 Å². The Balaban J connectivity index is 1.75. The summed E-state index contributed by atoms with van der Waals surface area (Å²) in [5.74, 6) is 0. The maximum Gasteiger partial charge on any atom is 0.250 e. The number of nitrogens with two attached hydrogens (primary N) is 1. The maximum absolute atomic E-state index is 11.7. The molecule has 1 saturated heterocycles. The van der Waals surface area contributed by atoms with E-state index in [0.29, 0.717) is 11.7 Å². The van der Waals surface area contributed by atoms with E-state index >= 15 is 0 Å². The first-order valence-electron chi connectivity index (χ1n) is 7.98. The lowest BCUT2D eigenvalue weighted by Crippen LogP contribution is -2.43. The first-order valence-corrected chi connectivity index (χ1v) is 7.98. The Kier molecular flexibility index (Phi) is 5.82. The smallest absolute Gasteiger partial charge is 0.250 e. The largest absolute Gasteiger partial charge is 0.398 e. The Morgan fingerprint density at radius 1 is 1.33 bits per heavy atom. The van der Waals surface area contributed by atoms with Crippen LogP contribution < -0.4 is 11.3 Å². The van der Waals surface area contributed by atoms with Gasteiger partial charge in [-0.05, 0) is 58.6 Å². The number of pyridine rings is 1. The predicted molar refractivity (Wildman–Crippen MR) is 87.5 cm³/mol. The summed E-state index contributed by atoms with van der Waals surface area (Å²) in [6.07, 6.45) is 5.22. The van der Waals surface area contributed by atoms with Gasteiger partial charge in [0.05, 0.1) is 0 Å². The Morgan fingerprint density at radius 2 is 2.05 bits per heavy atom. The first-order chi connectivity index (χ1) is 10.1. The summed E-state index contributed by atoms with van der Waals surface area (Å²) in [6.45, 7) is 7.57. The fourth-order valence-electron chi connectivity index (χ4n) is 3.07. The van der Waals surface area contributed by atoms with Crippen LogP contribution in [0.25, 0.3) is 0 Å². The van der Waals surface area contributed by atoms with Gasteiger partial charge in [-0.15, -0.1) is 0 Å². The van der Waals surface area contributed by atoms with E-state index in [1.807, 2.05) is 0 Å². The number of nitrogens with zero attached hydrogens (tertiary/aromatic N) is 3. The minimum Gasteiger partial charge on any atom is -0.398 e. The number of rotatable bonds is 6. The van der Waals surface area contributed by atoms with Gasteiger partial charge in [-0.1, -0.05) is 6.92 Å². The molecule has 0 bridgehead atoms. The SMILES string of the molecule is CCN1CCC(N(C)CCCn2cc(N)ccc2=O)CC1. The van der Waals surface area contributed by atoms with Crippen LogP contribution in [-0.4, -0.2) is 53.6 Å². The second-order valence-corrected chi connectivity index (χ2v) is 5.99. The van der Waals surface area contributed by atoms with Crippen molar-refractivity contribution >= 4 is 5.69 Å². The van der Waals surface area contributed by atoms with Gasteiger partial charge in [0.15, 0.2) is 0 Å². The van der Waals surface area contributed by atoms with Crippen LogP contribution in [0.2, 0.25) is 0 Å². The van der Waals surface area contributed by atoms with Crippen molar-refractivity contribution in [2.75, 3.05) is 39.0 Å². The first kappa shape index (κ1) is 16.0. The number of piperidine rings is 1. The molecule has 0 amide bonds. The quantitative estimate of drug-likeness (QED) is 0.857. The summed E-state index contributed by atoms with van der Waals surface area (Å²) in [7, 11) is 2.20. The Morgan fingerprint density at radius 3 is 2.71 bits per heavy atom. The Labute approximate surface area is 127 Å². The molecule has 5 nitrogen and oxygen atoms in total. The van der Waals surface area contributed by atoms with E-state index in [0.717, 1.165) is 26.1 Å². The number of anilines is 1. The van der Waals surface area contributed by atoms with Crippen molar-refractivity contribution in [2.45, 2.75) is 38.8 Å². The summed E-state index contributed by atoms with van der Waals surface area (Å²) < 4.78 is 1.71. The molecule has 21 heavy (non-hydrogen) atoms. The summed E-state index contributed by atoms with van der Waals surface area (Å²) in [6, 6.07) is 3.89. The van der Waals surface area contributed by atoms with Crippen LogP contribution in [0.4, 0.5) is 5.69 Å². The number of aryl methyl sites for hydroxylation is 1. The summed E-state index contributed by atoms with van der Waals surface area (Å²) in [5.41, 5.74) is 6.41. The van der Waals surface area contributed by atoms with Gasteiger partial charge in [0, 0.05) is 30.5 Å². The average Bonchev–Trinajstić information content (AvgIpc) is 2.50. The van der Waals surface area contributed by atoms with E-state index < -0.39 is 0 Å². The van der Waals surface area contributed by atoms with Gasteiger partial charge in [0.25, 0.3) is 5.56 Å². The molecule has 1 fully saturated rings. The van der Waals surface area contributed by atoms with Crippen molar-refractivity contribution in [2.24, 2.45) is 0 Å². The molecule has 5 heteroatoms. The fourth-order valence-corrected chi connectivity index (χ4v) is 3.07. The molecule has 0 spiro atoms. The lowest BCUT2D eigenvalue weighted by molar-refractivity contribution is 0.129. The number of likely N-dealkylation sites (tertiary alicyclic amines) is 1. The lowest BCUT2D eigenvalue weighted by Gasteiger charge is -2.36. The molecule has 1 aliphatic rings. The van der Waals surface area contributed by atoms with Crippen LogP contribution in [0.15, 0.2) is 23.1 Å². The Hall–Kier alpha value is -1.33. The minimum absolute atomic E-state index is 0.0307. The van der Waals surface area contributed by atoms with Crippen LogP contribution in [0.3, 0.4) is 0 Å². The molecule has 1 aromatic rings. The molecule has 0 radical (unpaired) electrons. The summed E-state index contributed by atoms with van der Waals surface area (Å²) >= 11 is 0. The van der Waals surface area contributed by atoms with Crippen LogP contribution >= 0.6 is 0 Å². The van der Waals surface area contributed by atoms with Crippen molar-refractivity contribution in [3.8, 4) is 0 Å². The van der Waals surface area contributed by atoms with Crippen molar-refractivity contribution in [3.63, 3.8) is 0 Å². The molecule has 0 saturated carbocycles. The van der Waals surface area contributed by atoms with Gasteiger partial charge in [-0.2, -0.15) is 0 Å². The van der Waals surface area contributed by atoms with Gasteiger partial charge in [0.1, 0.15) is 0 Å². The fraction of sp³-hybridized carbons (Fsp3) is 0.688. The second-order valence-electron chi connectivity index (χ2n) is 5.99. The molecule has 0 unspecified atom stereocenters. The highest BCUT2D eigenvalue weighted by Gasteiger charge is 2.20. The van der Waals surface area contributed by atoms with Crippen molar-refractivity contribution in [1.82, 2.24) is 14.4 Å². The zero-order chi connectivity index (χ0) is 15.2. The Bertz CT molecular complexity index is 491. The van der Waals surface area contributed by atoms with Crippen LogP contribution in [-0.2, 0) is 6.54 Å². The molecule has 2 rings (SSSR count). The maximum atomic E-state index is 11.7. The third kappa shape index (κ3) is 4.58. The highest BCUT2D eigenvalue weighted by Crippen LogP contribution is 2.15. The molecule has 1 aliphatic heterocycles. The van der Waals surface area contributed by atoms with Crippen molar-refractivity contribution < 1.29 is 0 Å². The molecular weight excluding hydrogens is 264 g/mol. The van der Waals surface area contributed by atoms with Gasteiger partial charge in [0.2, 0.25) is 0 Å². The topological polar surface area (TPSA) is 54.5 Å². The zero-order valence-electron chi connectivity index (χ0n) is 13.3. The molecule has 0 atom stereocenters. The molecule has 0 aromatic carbocycles. The van der Waals surface area contributed by atoms with E-state index in [2.05, 4.69) is 23.8 Å². The van der Waals surface area contributed by atoms with E-state index in [9.17, 15) is 4.79 Å². The molecule has 118 valence electrons. The third-order valence-corrected chi connectivity index (χ3v) is 4.54. The number of hydrogen-bond donors (Lipinski definition) is 1. The van der Waals surface area contributed by atoms with Crippen LogP contribution in [0, 0.1) is 0 Å². The minimum atomic E-state index is 0.0307. The molecule has 2 N–H and O–H groups in total. The molecule has 0 aliphatic carbocycles. The van der Waals surface area contributed by atoms with Gasteiger partial charge >= 0.3 is 0 Å². The van der Waals surface area contributed by atoms with E-state index in [1.165, 1.54) is 25.9 Å². The summed E-state index contributed by atoms with van der Waals surface area (Å²) in [5, 5.41) is 0. The summed E-state index contributed by atoms with van der Waals surface area (Å²) in [4.78, 5) is 16.7. The molecule has 1 aromatic heterocycles. The number of hydrogen-bond acceptors (Lipinski definition) is 4. The third-order valence-electron chi connectivity index (χ3n) is 4.54.